The third kappa shape index (κ3) is 5.42. The molecule has 35 heavy (non-hydrogen) atoms. The monoisotopic (exact) mass is 512 g/mol. The highest BCUT2D eigenvalue weighted by Crippen LogP contribution is 2.68. The lowest BCUT2D eigenvalue weighted by Gasteiger charge is -2.61. The zero-order chi connectivity index (χ0) is 25.6. The molecule has 1 amide bonds. The molecular formula is C26H42NO7S-. The Labute approximate surface area is 209 Å². The highest BCUT2D eigenvalue weighted by atomic mass is 32.3. The van der Waals surface area contributed by atoms with E-state index in [2.05, 4.69) is 26.1 Å². The fourth-order valence-electron chi connectivity index (χ4n) is 9.27. The number of hydrogen-bond acceptors (Lipinski definition) is 6. The molecule has 0 aromatic carbocycles. The molecule has 0 aromatic heterocycles. The van der Waals surface area contributed by atoms with E-state index in [-0.39, 0.29) is 23.3 Å². The topological polar surface area (TPSA) is 133 Å². The molecular weight excluding hydrogens is 470 g/mol. The standard InChI is InChI=1S/C26H43NO7S/c1-16(4-9-23(28)27-15-24(29)30)20-7-8-21-19-6-5-17-14-18(34-35(31,32)33)10-12-25(17,2)22(19)11-13-26(20,21)3/h16-22H,4-15H2,1-3H3,(H,27,28)(H,29,30)(H,31,32,33)/p-1. The zero-order valence-corrected chi connectivity index (χ0v) is 22.1. The highest BCUT2D eigenvalue weighted by Gasteiger charge is 2.60. The van der Waals surface area contributed by atoms with Crippen LogP contribution in [0.2, 0.25) is 0 Å². The maximum absolute atomic E-state index is 12.1. The second-order valence-electron chi connectivity index (χ2n) is 12.5. The van der Waals surface area contributed by atoms with Crippen LogP contribution in [0.1, 0.15) is 91.4 Å². The summed E-state index contributed by atoms with van der Waals surface area (Å²) in [4.78, 5) is 22.7. The molecule has 200 valence electrons. The largest absolute Gasteiger partial charge is 0.726 e. The van der Waals surface area contributed by atoms with E-state index in [1.54, 1.807) is 0 Å². The number of nitrogens with one attached hydrogen (secondary N) is 1. The van der Waals surface area contributed by atoms with Gasteiger partial charge in [-0.3, -0.25) is 13.8 Å². The maximum atomic E-state index is 12.1. The molecule has 9 unspecified atom stereocenters. The number of carboxylic acids is 1. The number of carbonyl (C=O) groups is 2. The van der Waals surface area contributed by atoms with Crippen LogP contribution in [-0.2, 0) is 24.2 Å². The van der Waals surface area contributed by atoms with Crippen molar-refractivity contribution in [2.24, 2.45) is 46.3 Å². The Balaban J connectivity index is 1.39. The molecule has 0 aromatic rings. The van der Waals surface area contributed by atoms with Gasteiger partial charge in [0.15, 0.2) is 0 Å². The smallest absolute Gasteiger partial charge is 0.322 e. The minimum Gasteiger partial charge on any atom is -0.726 e. The fourth-order valence-corrected chi connectivity index (χ4v) is 9.78. The molecule has 8 nitrogen and oxygen atoms in total. The Kier molecular flexibility index (Phi) is 7.62. The number of rotatable bonds is 8. The molecule has 0 radical (unpaired) electrons. The molecule has 0 heterocycles. The lowest BCUT2D eigenvalue weighted by atomic mass is 9.44. The van der Waals surface area contributed by atoms with Crippen LogP contribution in [0, 0.1) is 46.3 Å². The van der Waals surface area contributed by atoms with Crippen LogP contribution in [0.3, 0.4) is 0 Å². The van der Waals surface area contributed by atoms with Crippen molar-refractivity contribution in [3.8, 4) is 0 Å². The number of aliphatic carboxylic acids is 1. The van der Waals surface area contributed by atoms with Gasteiger partial charge >= 0.3 is 5.97 Å². The van der Waals surface area contributed by atoms with Crippen molar-refractivity contribution in [1.82, 2.24) is 5.32 Å². The van der Waals surface area contributed by atoms with E-state index in [0.717, 1.165) is 19.3 Å². The minimum atomic E-state index is -4.66. The molecule has 4 aliphatic carbocycles. The van der Waals surface area contributed by atoms with Gasteiger partial charge in [0.1, 0.15) is 6.54 Å². The van der Waals surface area contributed by atoms with Gasteiger partial charge in [0, 0.05) is 6.42 Å². The number of fused-ring (bicyclic) bond motifs is 5. The Morgan fingerprint density at radius 3 is 2.43 bits per heavy atom. The molecule has 0 spiro atoms. The summed E-state index contributed by atoms with van der Waals surface area (Å²) in [6, 6.07) is 0. The third-order valence-electron chi connectivity index (χ3n) is 10.9. The van der Waals surface area contributed by atoms with Crippen molar-refractivity contribution >= 4 is 22.3 Å². The van der Waals surface area contributed by atoms with Crippen LogP contribution in [0.4, 0.5) is 0 Å². The number of amides is 1. The molecule has 4 saturated carbocycles. The molecule has 0 saturated heterocycles. The lowest BCUT2D eigenvalue weighted by molar-refractivity contribution is -0.138. The van der Waals surface area contributed by atoms with Gasteiger partial charge in [-0.05, 0) is 111 Å². The first-order chi connectivity index (χ1) is 16.3. The molecule has 2 N–H and O–H groups in total. The Morgan fingerprint density at radius 2 is 1.74 bits per heavy atom. The van der Waals surface area contributed by atoms with Gasteiger partial charge < -0.3 is 15.0 Å². The zero-order valence-electron chi connectivity index (χ0n) is 21.3. The third-order valence-corrected chi connectivity index (χ3v) is 11.4. The number of carbonyl (C=O) groups excluding carboxylic acids is 1. The van der Waals surface area contributed by atoms with E-state index < -0.39 is 22.5 Å². The molecule has 9 heteroatoms. The SMILES string of the molecule is CC(CCC(=O)NCC(=O)O)C1CCC2C3CCC4CC(OS(=O)(=O)[O-])CCC4(C)C3CCC12C. The van der Waals surface area contributed by atoms with E-state index in [1.807, 2.05) is 0 Å². The fraction of sp³-hybridized carbons (Fsp3) is 0.923. The van der Waals surface area contributed by atoms with E-state index >= 15 is 0 Å². The van der Waals surface area contributed by atoms with Crippen molar-refractivity contribution < 1.29 is 31.8 Å². The molecule has 0 bridgehead atoms. The first-order valence-electron chi connectivity index (χ1n) is 13.5. The number of hydrogen-bond donors (Lipinski definition) is 2. The second-order valence-corrected chi connectivity index (χ2v) is 13.5. The first-order valence-corrected chi connectivity index (χ1v) is 14.8. The molecule has 4 aliphatic rings. The summed E-state index contributed by atoms with van der Waals surface area (Å²) in [7, 11) is -4.66. The highest BCUT2D eigenvalue weighted by molar-refractivity contribution is 7.80. The summed E-state index contributed by atoms with van der Waals surface area (Å²) in [6.45, 7) is 6.83. The van der Waals surface area contributed by atoms with Crippen LogP contribution in [0.25, 0.3) is 0 Å². The van der Waals surface area contributed by atoms with Crippen molar-refractivity contribution in [3.63, 3.8) is 0 Å². The van der Waals surface area contributed by atoms with Gasteiger partial charge in [0.2, 0.25) is 16.3 Å². The summed E-state index contributed by atoms with van der Waals surface area (Å²) < 4.78 is 38.3. The lowest BCUT2D eigenvalue weighted by Crippen LogP contribution is -2.54. The van der Waals surface area contributed by atoms with Gasteiger partial charge in [-0.1, -0.05) is 20.8 Å². The normalized spacial score (nSPS) is 41.8. The van der Waals surface area contributed by atoms with Crippen molar-refractivity contribution in [3.05, 3.63) is 0 Å². The van der Waals surface area contributed by atoms with Gasteiger partial charge in [-0.15, -0.1) is 0 Å². The minimum absolute atomic E-state index is 0.182. The van der Waals surface area contributed by atoms with Crippen LogP contribution < -0.4 is 5.32 Å². The summed E-state index contributed by atoms with van der Waals surface area (Å²) in [6.07, 6.45) is 9.99. The van der Waals surface area contributed by atoms with Crippen LogP contribution >= 0.6 is 0 Å². The summed E-state index contributed by atoms with van der Waals surface area (Å²) >= 11 is 0. The van der Waals surface area contributed by atoms with Crippen molar-refractivity contribution in [1.29, 1.82) is 0 Å². The summed E-state index contributed by atoms with van der Waals surface area (Å²) in [5.41, 5.74) is 0.459. The summed E-state index contributed by atoms with van der Waals surface area (Å²) in [5, 5.41) is 11.2. The van der Waals surface area contributed by atoms with Crippen LogP contribution in [0.15, 0.2) is 0 Å². The van der Waals surface area contributed by atoms with E-state index in [9.17, 15) is 22.6 Å². The van der Waals surface area contributed by atoms with Crippen LogP contribution in [-0.4, -0.2) is 42.6 Å². The predicted octanol–water partition coefficient (Wildman–Crippen LogP) is 4.11. The Hall–Kier alpha value is -1.19. The predicted molar refractivity (Wildman–Crippen MR) is 129 cm³/mol. The molecule has 4 fully saturated rings. The van der Waals surface area contributed by atoms with Crippen molar-refractivity contribution in [2.45, 2.75) is 97.5 Å². The Bertz CT molecular complexity index is 923. The van der Waals surface area contributed by atoms with Gasteiger partial charge in [-0.25, -0.2) is 8.42 Å². The maximum Gasteiger partial charge on any atom is 0.322 e. The molecule has 9 atom stereocenters. The Morgan fingerprint density at radius 1 is 1.06 bits per heavy atom. The average Bonchev–Trinajstić information content (AvgIpc) is 3.12. The van der Waals surface area contributed by atoms with E-state index in [4.69, 9.17) is 9.29 Å². The second kappa shape index (κ2) is 9.93. The molecule has 4 rings (SSSR count). The van der Waals surface area contributed by atoms with Gasteiger partial charge in [-0.2, -0.15) is 0 Å². The van der Waals surface area contributed by atoms with Gasteiger partial charge in [0.05, 0.1) is 6.10 Å². The number of carboxylic acid groups (broad SMARTS) is 1. The molecule has 0 aliphatic heterocycles. The quantitative estimate of drug-likeness (QED) is 0.369. The summed E-state index contributed by atoms with van der Waals surface area (Å²) in [5.74, 6) is 2.22. The first kappa shape index (κ1) is 26.9. The van der Waals surface area contributed by atoms with Crippen molar-refractivity contribution in [2.75, 3.05) is 6.54 Å². The van der Waals surface area contributed by atoms with Gasteiger partial charge in [0.25, 0.3) is 0 Å². The van der Waals surface area contributed by atoms with Crippen LogP contribution in [0.5, 0.6) is 0 Å². The van der Waals surface area contributed by atoms with E-state index in [0.29, 0.717) is 54.8 Å². The van der Waals surface area contributed by atoms with E-state index in [1.165, 1.54) is 32.1 Å². The average molecular weight is 513 g/mol.